The van der Waals surface area contributed by atoms with E-state index in [1.54, 1.807) is 38.6 Å². The van der Waals surface area contributed by atoms with Crippen molar-refractivity contribution in [2.45, 2.75) is 0 Å². The first-order chi connectivity index (χ1) is 11.2. The highest BCUT2D eigenvalue weighted by atomic mass is 16.5. The van der Waals surface area contributed by atoms with Crippen molar-refractivity contribution in [2.24, 2.45) is 0 Å². The van der Waals surface area contributed by atoms with Gasteiger partial charge < -0.3 is 19.2 Å². The molecule has 0 aliphatic carbocycles. The van der Waals surface area contributed by atoms with Gasteiger partial charge in [-0.3, -0.25) is 4.79 Å². The van der Waals surface area contributed by atoms with Crippen LogP contribution in [0.1, 0.15) is 15.9 Å². The maximum absolute atomic E-state index is 13.0. The fraction of sp³-hybridized carbons (Fsp3) is 0.167. The zero-order chi connectivity index (χ0) is 16.4. The minimum Gasteiger partial charge on any atom is -0.497 e. The Kier molecular flexibility index (Phi) is 3.93. The number of aromatic amines is 1. The number of nitrogens with one attached hydrogen (secondary N) is 1. The van der Waals surface area contributed by atoms with E-state index in [1.165, 1.54) is 7.11 Å². The van der Waals surface area contributed by atoms with Gasteiger partial charge in [-0.25, -0.2) is 0 Å². The summed E-state index contributed by atoms with van der Waals surface area (Å²) in [5, 5.41) is 0.762. The Morgan fingerprint density at radius 1 is 0.913 bits per heavy atom. The first-order valence-electron chi connectivity index (χ1n) is 7.10. The van der Waals surface area contributed by atoms with Crippen molar-refractivity contribution in [1.82, 2.24) is 4.98 Å². The smallest absolute Gasteiger partial charge is 0.199 e. The summed E-state index contributed by atoms with van der Waals surface area (Å²) in [6, 6.07) is 10.7. The van der Waals surface area contributed by atoms with Crippen LogP contribution in [-0.2, 0) is 0 Å². The van der Waals surface area contributed by atoms with Gasteiger partial charge in [0.2, 0.25) is 0 Å². The molecule has 0 saturated heterocycles. The number of aromatic nitrogens is 1. The molecule has 1 N–H and O–H groups in total. The van der Waals surface area contributed by atoms with E-state index in [9.17, 15) is 4.79 Å². The number of ketones is 1. The second kappa shape index (κ2) is 6.04. The summed E-state index contributed by atoms with van der Waals surface area (Å²) in [4.78, 5) is 16.1. The minimum absolute atomic E-state index is 0.139. The average Bonchev–Trinajstić information content (AvgIpc) is 3.04. The molecule has 5 heteroatoms. The lowest BCUT2D eigenvalue weighted by Crippen LogP contribution is -2.04. The molecule has 3 rings (SSSR count). The molecule has 0 atom stereocenters. The number of hydrogen-bond donors (Lipinski definition) is 1. The van der Waals surface area contributed by atoms with Gasteiger partial charge in [0.1, 0.15) is 17.2 Å². The molecule has 3 aromatic rings. The number of methoxy groups -OCH3 is 3. The van der Waals surface area contributed by atoms with Crippen LogP contribution >= 0.6 is 0 Å². The Morgan fingerprint density at radius 3 is 2.39 bits per heavy atom. The summed E-state index contributed by atoms with van der Waals surface area (Å²) < 4.78 is 15.9. The van der Waals surface area contributed by atoms with Crippen LogP contribution in [-0.4, -0.2) is 32.1 Å². The predicted molar refractivity (Wildman–Crippen MR) is 87.8 cm³/mol. The highest BCUT2D eigenvalue weighted by molar-refractivity contribution is 6.18. The highest BCUT2D eigenvalue weighted by Gasteiger charge is 2.20. The third-order valence-corrected chi connectivity index (χ3v) is 3.79. The van der Waals surface area contributed by atoms with Crippen LogP contribution < -0.4 is 14.2 Å². The van der Waals surface area contributed by atoms with Gasteiger partial charge in [-0.05, 0) is 24.3 Å². The molecule has 0 bridgehead atoms. The van der Waals surface area contributed by atoms with Crippen molar-refractivity contribution in [3.05, 3.63) is 53.7 Å². The molecular formula is C18H17NO4. The Balaban J connectivity index is 2.15. The first kappa shape index (κ1) is 15.0. The van der Waals surface area contributed by atoms with Crippen LogP contribution in [0.5, 0.6) is 17.2 Å². The van der Waals surface area contributed by atoms with Gasteiger partial charge >= 0.3 is 0 Å². The standard InChI is InChI=1S/C18H17NO4/c1-21-11-7-8-12(16(9-11)23-3)18(20)13-10-19-14-5-4-6-15(22-2)17(13)14/h4-10,19H,1-3H3. The molecule has 118 valence electrons. The zero-order valence-corrected chi connectivity index (χ0v) is 13.2. The summed E-state index contributed by atoms with van der Waals surface area (Å²) in [6.45, 7) is 0. The van der Waals surface area contributed by atoms with E-state index in [2.05, 4.69) is 4.98 Å². The molecule has 1 aromatic heterocycles. The van der Waals surface area contributed by atoms with Crippen LogP contribution in [0.15, 0.2) is 42.6 Å². The average molecular weight is 311 g/mol. The molecule has 0 fully saturated rings. The summed E-state index contributed by atoms with van der Waals surface area (Å²) in [6.07, 6.45) is 1.69. The van der Waals surface area contributed by atoms with Gasteiger partial charge in [0.05, 0.1) is 37.8 Å². The molecular weight excluding hydrogens is 294 g/mol. The topological polar surface area (TPSA) is 60.6 Å². The largest absolute Gasteiger partial charge is 0.497 e. The molecule has 0 unspecified atom stereocenters. The van der Waals surface area contributed by atoms with E-state index in [-0.39, 0.29) is 5.78 Å². The van der Waals surface area contributed by atoms with Crippen LogP contribution in [0, 0.1) is 0 Å². The molecule has 2 aromatic carbocycles. The summed E-state index contributed by atoms with van der Waals surface area (Å²) >= 11 is 0. The SMILES string of the molecule is COc1ccc(C(=O)c2c[nH]c3cccc(OC)c23)c(OC)c1. The first-order valence-corrected chi connectivity index (χ1v) is 7.10. The van der Waals surface area contributed by atoms with E-state index in [0.29, 0.717) is 28.4 Å². The molecule has 0 spiro atoms. The minimum atomic E-state index is -0.139. The third-order valence-electron chi connectivity index (χ3n) is 3.79. The zero-order valence-electron chi connectivity index (χ0n) is 13.2. The highest BCUT2D eigenvalue weighted by Crippen LogP contribution is 2.33. The molecule has 1 heterocycles. The van der Waals surface area contributed by atoms with Crippen LogP contribution in [0.25, 0.3) is 10.9 Å². The fourth-order valence-electron chi connectivity index (χ4n) is 2.63. The van der Waals surface area contributed by atoms with Gasteiger partial charge in [-0.1, -0.05) is 6.07 Å². The summed E-state index contributed by atoms with van der Waals surface area (Å²) in [5.41, 5.74) is 1.86. The van der Waals surface area contributed by atoms with E-state index >= 15 is 0 Å². The number of rotatable bonds is 5. The Hall–Kier alpha value is -2.95. The second-order valence-corrected chi connectivity index (χ2v) is 4.98. The summed E-state index contributed by atoms with van der Waals surface area (Å²) in [5.74, 6) is 1.62. The third kappa shape index (κ3) is 2.50. The fourth-order valence-corrected chi connectivity index (χ4v) is 2.63. The Morgan fingerprint density at radius 2 is 1.70 bits per heavy atom. The molecule has 0 aliphatic heterocycles. The van der Waals surface area contributed by atoms with E-state index in [4.69, 9.17) is 14.2 Å². The van der Waals surface area contributed by atoms with Crippen LogP contribution in [0.3, 0.4) is 0 Å². The summed E-state index contributed by atoms with van der Waals surface area (Å²) in [7, 11) is 4.69. The van der Waals surface area contributed by atoms with Gasteiger partial charge in [-0.15, -0.1) is 0 Å². The van der Waals surface area contributed by atoms with Crippen molar-refractivity contribution < 1.29 is 19.0 Å². The van der Waals surface area contributed by atoms with E-state index < -0.39 is 0 Å². The molecule has 5 nitrogen and oxygen atoms in total. The number of H-pyrrole nitrogens is 1. The number of fused-ring (bicyclic) bond motifs is 1. The molecule has 23 heavy (non-hydrogen) atoms. The van der Waals surface area contributed by atoms with Gasteiger partial charge in [0.25, 0.3) is 0 Å². The van der Waals surface area contributed by atoms with Crippen molar-refractivity contribution >= 4 is 16.7 Å². The lowest BCUT2D eigenvalue weighted by molar-refractivity contribution is 0.103. The van der Waals surface area contributed by atoms with Gasteiger partial charge in [-0.2, -0.15) is 0 Å². The van der Waals surface area contributed by atoms with Crippen molar-refractivity contribution in [1.29, 1.82) is 0 Å². The maximum Gasteiger partial charge on any atom is 0.199 e. The molecule has 0 radical (unpaired) electrons. The number of carbonyl (C=O) groups excluding carboxylic acids is 1. The molecule has 0 amide bonds. The lowest BCUT2D eigenvalue weighted by Gasteiger charge is -2.10. The van der Waals surface area contributed by atoms with Crippen molar-refractivity contribution in [3.63, 3.8) is 0 Å². The number of hydrogen-bond acceptors (Lipinski definition) is 4. The second-order valence-electron chi connectivity index (χ2n) is 4.98. The normalized spacial score (nSPS) is 10.6. The number of ether oxygens (including phenoxy) is 3. The van der Waals surface area contributed by atoms with Gasteiger partial charge in [0, 0.05) is 17.8 Å². The number of benzene rings is 2. The molecule has 0 saturated carbocycles. The maximum atomic E-state index is 13.0. The van der Waals surface area contributed by atoms with Crippen LogP contribution in [0.2, 0.25) is 0 Å². The van der Waals surface area contributed by atoms with Crippen molar-refractivity contribution in [2.75, 3.05) is 21.3 Å². The number of carbonyl (C=O) groups is 1. The monoisotopic (exact) mass is 311 g/mol. The Bertz CT molecular complexity index is 867. The van der Waals surface area contributed by atoms with Crippen LogP contribution in [0.4, 0.5) is 0 Å². The Labute approximate surface area is 133 Å². The van der Waals surface area contributed by atoms with E-state index in [0.717, 1.165) is 10.9 Å². The molecule has 0 aliphatic rings. The quantitative estimate of drug-likeness (QED) is 0.733. The van der Waals surface area contributed by atoms with E-state index in [1.807, 2.05) is 18.2 Å². The lowest BCUT2D eigenvalue weighted by atomic mass is 10.0. The van der Waals surface area contributed by atoms with Gasteiger partial charge in [0.15, 0.2) is 5.78 Å². The predicted octanol–water partition coefficient (Wildman–Crippen LogP) is 3.42. The van der Waals surface area contributed by atoms with Crippen molar-refractivity contribution in [3.8, 4) is 17.2 Å².